The molecule has 0 aliphatic rings. The molecule has 0 unspecified atom stereocenters. The molecule has 30 heavy (non-hydrogen) atoms. The largest absolute Gasteiger partial charge is 0.135 e. The van der Waals surface area contributed by atoms with Crippen LogP contribution >= 0.6 is 48.8 Å². The average Bonchev–Trinajstić information content (AvgIpc) is 2.75. The fourth-order valence-electron chi connectivity index (χ4n) is 3.64. The molecule has 0 saturated carbocycles. The second-order valence-corrected chi connectivity index (χ2v) is 12.4. The van der Waals surface area contributed by atoms with Gasteiger partial charge in [0.1, 0.15) is 0 Å². The van der Waals surface area contributed by atoms with E-state index in [0.717, 1.165) is 8.47 Å². The molecular weight excluding hydrogens is 441 g/mol. The third-order valence-electron chi connectivity index (χ3n) is 5.66. The van der Waals surface area contributed by atoms with Gasteiger partial charge in [-0.25, -0.2) is 0 Å². The summed E-state index contributed by atoms with van der Waals surface area (Å²) in [5.41, 5.74) is 0. The molecule has 0 aliphatic carbocycles. The summed E-state index contributed by atoms with van der Waals surface area (Å²) in [6.07, 6.45) is 28.1. The molecule has 0 radical (unpaired) electrons. The lowest BCUT2D eigenvalue weighted by atomic mass is 10.1. The van der Waals surface area contributed by atoms with Gasteiger partial charge in [0.05, 0.1) is 8.47 Å². The van der Waals surface area contributed by atoms with Crippen molar-refractivity contribution in [2.75, 3.05) is 11.5 Å². The van der Waals surface area contributed by atoms with Crippen LogP contribution in [0.25, 0.3) is 0 Å². The highest BCUT2D eigenvalue weighted by atomic mass is 32.2. The first-order chi connectivity index (χ1) is 14.7. The van der Waals surface area contributed by atoms with Gasteiger partial charge in [-0.15, -0.1) is 48.8 Å². The Labute approximate surface area is 210 Å². The van der Waals surface area contributed by atoms with Crippen molar-refractivity contribution in [1.29, 1.82) is 0 Å². The predicted molar refractivity (Wildman–Crippen MR) is 154 cm³/mol. The smallest absolute Gasteiger partial charge is 0.0569 e. The highest BCUT2D eigenvalue weighted by molar-refractivity contribution is 8.21. The van der Waals surface area contributed by atoms with Crippen molar-refractivity contribution in [1.82, 2.24) is 0 Å². The molecule has 0 bridgehead atoms. The highest BCUT2D eigenvalue weighted by Crippen LogP contribution is 2.34. The van der Waals surface area contributed by atoms with Crippen LogP contribution in [0, 0.1) is 0 Å². The van der Waals surface area contributed by atoms with E-state index in [9.17, 15) is 0 Å². The number of thiol groups is 2. The van der Waals surface area contributed by atoms with Crippen LogP contribution in [0.3, 0.4) is 0 Å². The van der Waals surface area contributed by atoms with Crippen LogP contribution in [-0.2, 0) is 0 Å². The standard InChI is InChI=1S/C26H52S4/c1-3-5-7-9-11-13-15-17-19-21-23-29-25(27)26(28)30-24-22-20-18-16-14-12-10-8-6-4-2/h27-28H,3-24H2,1-2H3/b26-25+. The van der Waals surface area contributed by atoms with E-state index in [2.05, 4.69) is 39.1 Å². The van der Waals surface area contributed by atoms with E-state index in [1.54, 1.807) is 0 Å². The summed E-state index contributed by atoms with van der Waals surface area (Å²) in [6.45, 7) is 4.58. The maximum atomic E-state index is 4.68. The lowest BCUT2D eigenvalue weighted by molar-refractivity contribution is 0.563. The van der Waals surface area contributed by atoms with E-state index in [1.807, 2.05) is 23.5 Å². The molecule has 0 amide bonds. The molecule has 0 N–H and O–H groups in total. The SMILES string of the molecule is CCCCCCCCCCCCS/C(S)=C(\S)SCCCCCCCCCCCC. The first kappa shape index (κ1) is 31.1. The monoisotopic (exact) mass is 492 g/mol. The quantitative estimate of drug-likeness (QED) is 0.101. The second kappa shape index (κ2) is 26.4. The van der Waals surface area contributed by atoms with Gasteiger partial charge in [-0.05, 0) is 24.3 Å². The van der Waals surface area contributed by atoms with Crippen LogP contribution in [0.2, 0.25) is 0 Å². The molecule has 0 nitrogen and oxygen atoms in total. The van der Waals surface area contributed by atoms with Crippen molar-refractivity contribution in [3.05, 3.63) is 8.47 Å². The number of rotatable bonds is 24. The van der Waals surface area contributed by atoms with Crippen LogP contribution < -0.4 is 0 Å². The molecule has 0 heterocycles. The minimum Gasteiger partial charge on any atom is -0.135 e. The molecule has 0 spiro atoms. The number of hydrogen-bond acceptors (Lipinski definition) is 4. The molecule has 0 rings (SSSR count). The normalized spacial score (nSPS) is 12.4. The van der Waals surface area contributed by atoms with Gasteiger partial charge in [0.25, 0.3) is 0 Å². The summed E-state index contributed by atoms with van der Waals surface area (Å²) in [7, 11) is 0. The first-order valence-corrected chi connectivity index (χ1v) is 16.0. The summed E-state index contributed by atoms with van der Waals surface area (Å²) in [5, 5.41) is 0. The summed E-state index contributed by atoms with van der Waals surface area (Å²) in [5.74, 6) is 2.39. The zero-order valence-corrected chi connectivity index (χ0v) is 23.7. The fraction of sp³-hybridized carbons (Fsp3) is 0.923. The molecule has 0 aromatic carbocycles. The Hall–Kier alpha value is 1.14. The van der Waals surface area contributed by atoms with Crippen molar-refractivity contribution < 1.29 is 0 Å². The topological polar surface area (TPSA) is 0 Å². The zero-order valence-electron chi connectivity index (χ0n) is 20.3. The molecule has 0 aromatic heterocycles. The second-order valence-electron chi connectivity index (χ2n) is 8.67. The van der Waals surface area contributed by atoms with Crippen molar-refractivity contribution in [3.63, 3.8) is 0 Å². The van der Waals surface area contributed by atoms with E-state index >= 15 is 0 Å². The molecule has 4 heteroatoms. The van der Waals surface area contributed by atoms with Crippen LogP contribution in [0.5, 0.6) is 0 Å². The lowest BCUT2D eigenvalue weighted by Crippen LogP contribution is -1.85. The molecule has 0 atom stereocenters. The van der Waals surface area contributed by atoms with Crippen molar-refractivity contribution in [2.45, 2.75) is 142 Å². The van der Waals surface area contributed by atoms with Crippen LogP contribution in [0.1, 0.15) is 142 Å². The third-order valence-corrected chi connectivity index (χ3v) is 9.43. The molecule has 180 valence electrons. The van der Waals surface area contributed by atoms with E-state index in [0.29, 0.717) is 0 Å². The Morgan fingerprint density at radius 3 is 0.900 bits per heavy atom. The number of thioether (sulfide) groups is 2. The lowest BCUT2D eigenvalue weighted by Gasteiger charge is -2.07. The summed E-state index contributed by atoms with van der Waals surface area (Å²) >= 11 is 13.1. The van der Waals surface area contributed by atoms with Gasteiger partial charge >= 0.3 is 0 Å². The minimum atomic E-state index is 1.13. The number of unbranched alkanes of at least 4 members (excludes halogenated alkanes) is 18. The maximum absolute atomic E-state index is 4.68. The van der Waals surface area contributed by atoms with Crippen molar-refractivity contribution >= 4 is 48.8 Å². The molecule has 0 saturated heterocycles. The van der Waals surface area contributed by atoms with Gasteiger partial charge in [-0.2, -0.15) is 0 Å². The summed E-state index contributed by atoms with van der Waals surface area (Å²) < 4.78 is 2.26. The maximum Gasteiger partial charge on any atom is 0.0569 e. The molecule has 0 aliphatic heterocycles. The van der Waals surface area contributed by atoms with Gasteiger partial charge in [0.15, 0.2) is 0 Å². The van der Waals surface area contributed by atoms with E-state index in [1.165, 1.54) is 140 Å². The van der Waals surface area contributed by atoms with E-state index in [4.69, 9.17) is 0 Å². The van der Waals surface area contributed by atoms with Crippen LogP contribution in [0.4, 0.5) is 0 Å². The predicted octanol–water partition coefficient (Wildman–Crippen LogP) is 11.3. The summed E-state index contributed by atoms with van der Waals surface area (Å²) in [6, 6.07) is 0. The van der Waals surface area contributed by atoms with Gasteiger partial charge in [-0.1, -0.05) is 129 Å². The highest BCUT2D eigenvalue weighted by Gasteiger charge is 2.02. The Kier molecular flexibility index (Phi) is 27.4. The van der Waals surface area contributed by atoms with Gasteiger partial charge in [0, 0.05) is 0 Å². The van der Waals surface area contributed by atoms with Crippen LogP contribution in [-0.4, -0.2) is 11.5 Å². The Balaban J connectivity index is 3.40. The van der Waals surface area contributed by atoms with Crippen molar-refractivity contribution in [3.8, 4) is 0 Å². The summed E-state index contributed by atoms with van der Waals surface area (Å²) in [4.78, 5) is 0. The third kappa shape index (κ3) is 23.8. The Bertz CT molecular complexity index is 334. The van der Waals surface area contributed by atoms with Gasteiger partial charge in [-0.3, -0.25) is 0 Å². The van der Waals surface area contributed by atoms with Gasteiger partial charge < -0.3 is 0 Å². The molecule has 0 aromatic rings. The Morgan fingerprint density at radius 1 is 0.400 bits per heavy atom. The van der Waals surface area contributed by atoms with Crippen LogP contribution in [0.15, 0.2) is 8.47 Å². The number of hydrogen-bond donors (Lipinski definition) is 2. The van der Waals surface area contributed by atoms with E-state index < -0.39 is 0 Å². The Morgan fingerprint density at radius 2 is 0.633 bits per heavy atom. The fourth-order valence-corrected chi connectivity index (χ4v) is 6.26. The molecule has 0 fully saturated rings. The molecular formula is C26H52S4. The average molecular weight is 493 g/mol. The van der Waals surface area contributed by atoms with E-state index in [-0.39, 0.29) is 0 Å². The first-order valence-electron chi connectivity index (χ1n) is 13.1. The minimum absolute atomic E-state index is 1.13. The van der Waals surface area contributed by atoms with Gasteiger partial charge in [0.2, 0.25) is 0 Å². The zero-order chi connectivity index (χ0) is 22.1. The van der Waals surface area contributed by atoms with Crippen molar-refractivity contribution in [2.24, 2.45) is 0 Å².